The number of carbonyl (C=O) groups excluding carboxylic acids is 2. The van der Waals surface area contributed by atoms with Crippen LogP contribution in [0, 0.1) is 0 Å². The number of hydrogen-bond acceptors (Lipinski definition) is 8. The maximum atomic E-state index is 13.1. The zero-order chi connectivity index (χ0) is 24.0. The van der Waals surface area contributed by atoms with E-state index in [0.29, 0.717) is 41.2 Å². The molecule has 0 N–H and O–H groups in total. The highest BCUT2D eigenvalue weighted by Crippen LogP contribution is 2.44. The number of thioether (sulfide) groups is 1. The molecule has 1 amide bonds. The number of unbranched alkanes of at least 4 members (excludes halogenated alkanes) is 1. The Kier molecular flexibility index (Phi) is 8.80. The maximum absolute atomic E-state index is 13.1. The summed E-state index contributed by atoms with van der Waals surface area (Å²) in [7, 11) is 1.54. The lowest BCUT2D eigenvalue weighted by atomic mass is 9.94. The quantitative estimate of drug-likeness (QED) is 0.351. The van der Waals surface area contributed by atoms with Gasteiger partial charge in [-0.2, -0.15) is 0 Å². The molecule has 1 fully saturated rings. The molecule has 8 nitrogen and oxygen atoms in total. The number of esters is 1. The van der Waals surface area contributed by atoms with Gasteiger partial charge in [0, 0.05) is 7.11 Å². The lowest BCUT2D eigenvalue weighted by Gasteiger charge is -2.33. The van der Waals surface area contributed by atoms with E-state index in [0.717, 1.165) is 18.4 Å². The number of ether oxygens (including phenoxy) is 4. The standard InChI is InChI=1S/C24H32N2O6S/c1-6-8-11-31-18-10-9-17(14-19(18)30-7-2)21-20(23(28)32-13-12-29-5)15(3)25-24-26(21)22(27)16(4)33-24/h9-10,14,16,21H,6-8,11-13H2,1-5H3. The molecule has 2 aliphatic heterocycles. The molecule has 2 heterocycles. The molecule has 0 aliphatic carbocycles. The SMILES string of the molecule is CCCCOc1ccc(C2C(C(=O)OCCOC)=C(C)N=C3SC(C)C(=O)N32)cc1OCC. The Hall–Kier alpha value is -2.52. The number of rotatable bonds is 11. The molecule has 1 aromatic rings. The zero-order valence-corrected chi connectivity index (χ0v) is 20.7. The van der Waals surface area contributed by atoms with Crippen LogP contribution < -0.4 is 9.47 Å². The third kappa shape index (κ3) is 5.52. The summed E-state index contributed by atoms with van der Waals surface area (Å²) in [5.74, 6) is 0.599. The molecule has 2 unspecified atom stereocenters. The number of benzene rings is 1. The number of methoxy groups -OCH3 is 1. The first-order chi connectivity index (χ1) is 15.9. The van der Waals surface area contributed by atoms with Crippen molar-refractivity contribution in [3.05, 3.63) is 35.0 Å². The Balaban J connectivity index is 2.03. The van der Waals surface area contributed by atoms with E-state index >= 15 is 0 Å². The molecule has 0 saturated carbocycles. The van der Waals surface area contributed by atoms with Crippen LogP contribution in [0.4, 0.5) is 0 Å². The molecule has 2 aliphatic rings. The summed E-state index contributed by atoms with van der Waals surface area (Å²) in [5.41, 5.74) is 1.60. The molecule has 0 aromatic heterocycles. The fourth-order valence-electron chi connectivity index (χ4n) is 3.68. The van der Waals surface area contributed by atoms with E-state index in [1.54, 1.807) is 18.9 Å². The van der Waals surface area contributed by atoms with Crippen LogP contribution in [0.15, 0.2) is 34.5 Å². The van der Waals surface area contributed by atoms with Crippen LogP contribution >= 0.6 is 11.8 Å². The number of carbonyl (C=O) groups is 2. The summed E-state index contributed by atoms with van der Waals surface area (Å²) < 4.78 is 22.2. The van der Waals surface area contributed by atoms with Gasteiger partial charge in [0.15, 0.2) is 16.7 Å². The minimum absolute atomic E-state index is 0.0975. The molecular formula is C24H32N2O6S. The van der Waals surface area contributed by atoms with Crippen molar-refractivity contribution in [2.75, 3.05) is 33.5 Å². The zero-order valence-electron chi connectivity index (χ0n) is 19.9. The molecule has 0 bridgehead atoms. The van der Waals surface area contributed by atoms with Crippen LogP contribution in [0.5, 0.6) is 11.5 Å². The first kappa shape index (κ1) is 25.1. The van der Waals surface area contributed by atoms with Gasteiger partial charge >= 0.3 is 5.97 Å². The molecule has 0 spiro atoms. The first-order valence-corrected chi connectivity index (χ1v) is 12.2. The van der Waals surface area contributed by atoms with E-state index in [2.05, 4.69) is 11.9 Å². The minimum atomic E-state index is -0.665. The Labute approximate surface area is 199 Å². The lowest BCUT2D eigenvalue weighted by Crippen LogP contribution is -2.40. The molecule has 1 aromatic carbocycles. The third-order valence-corrected chi connectivity index (χ3v) is 6.39. The molecule has 1 saturated heterocycles. The van der Waals surface area contributed by atoms with Crippen molar-refractivity contribution >= 4 is 28.8 Å². The van der Waals surface area contributed by atoms with Crippen molar-refractivity contribution in [3.8, 4) is 11.5 Å². The van der Waals surface area contributed by atoms with E-state index in [1.807, 2.05) is 32.0 Å². The summed E-state index contributed by atoms with van der Waals surface area (Å²) >= 11 is 1.39. The number of aliphatic imine (C=N–C) groups is 1. The van der Waals surface area contributed by atoms with Crippen molar-refractivity contribution in [3.63, 3.8) is 0 Å². The van der Waals surface area contributed by atoms with Crippen molar-refractivity contribution in [2.45, 2.75) is 51.8 Å². The number of allylic oxidation sites excluding steroid dienone is 1. The van der Waals surface area contributed by atoms with Crippen LogP contribution in [0.1, 0.15) is 52.1 Å². The normalized spacial score (nSPS) is 20.0. The van der Waals surface area contributed by atoms with Gasteiger partial charge in [0.25, 0.3) is 0 Å². The number of hydrogen-bond donors (Lipinski definition) is 0. The topological polar surface area (TPSA) is 86.7 Å². The second kappa shape index (κ2) is 11.6. The lowest BCUT2D eigenvalue weighted by molar-refractivity contribution is -0.141. The van der Waals surface area contributed by atoms with Gasteiger partial charge in [0.2, 0.25) is 5.91 Å². The summed E-state index contributed by atoms with van der Waals surface area (Å²) in [5, 5.41) is 0.301. The number of amides is 1. The molecule has 0 radical (unpaired) electrons. The highest BCUT2D eigenvalue weighted by molar-refractivity contribution is 8.15. The molecule has 2 atom stereocenters. The van der Waals surface area contributed by atoms with Crippen molar-refractivity contribution in [1.29, 1.82) is 0 Å². The van der Waals surface area contributed by atoms with E-state index in [1.165, 1.54) is 11.8 Å². The van der Waals surface area contributed by atoms with Gasteiger partial charge in [-0.1, -0.05) is 31.2 Å². The van der Waals surface area contributed by atoms with Crippen LogP contribution in [0.3, 0.4) is 0 Å². The van der Waals surface area contributed by atoms with Gasteiger partial charge < -0.3 is 18.9 Å². The summed E-state index contributed by atoms with van der Waals surface area (Å²) in [6.07, 6.45) is 1.96. The van der Waals surface area contributed by atoms with E-state index in [-0.39, 0.29) is 24.4 Å². The van der Waals surface area contributed by atoms with Crippen molar-refractivity contribution < 1.29 is 28.5 Å². The van der Waals surface area contributed by atoms with Gasteiger partial charge in [-0.05, 0) is 44.9 Å². The third-order valence-electron chi connectivity index (χ3n) is 5.34. The molecule has 33 heavy (non-hydrogen) atoms. The number of nitrogens with zero attached hydrogens (tertiary/aromatic N) is 2. The highest BCUT2D eigenvalue weighted by Gasteiger charge is 2.46. The Bertz CT molecular complexity index is 945. The summed E-state index contributed by atoms with van der Waals surface area (Å²) in [4.78, 5) is 32.3. The van der Waals surface area contributed by atoms with Crippen LogP contribution in [0.2, 0.25) is 0 Å². The minimum Gasteiger partial charge on any atom is -0.490 e. The largest absolute Gasteiger partial charge is 0.490 e. The fraction of sp³-hybridized carbons (Fsp3) is 0.542. The van der Waals surface area contributed by atoms with E-state index < -0.39 is 12.0 Å². The molecule has 9 heteroatoms. The van der Waals surface area contributed by atoms with Crippen LogP contribution in [-0.2, 0) is 19.1 Å². The predicted octanol–water partition coefficient (Wildman–Crippen LogP) is 4.10. The van der Waals surface area contributed by atoms with Crippen LogP contribution in [-0.4, -0.2) is 60.7 Å². The summed E-state index contributed by atoms with van der Waals surface area (Å²) in [6.45, 7) is 9.06. The van der Waals surface area contributed by atoms with Crippen molar-refractivity contribution in [2.24, 2.45) is 4.99 Å². The smallest absolute Gasteiger partial charge is 0.338 e. The maximum Gasteiger partial charge on any atom is 0.338 e. The van der Waals surface area contributed by atoms with Gasteiger partial charge in [0.05, 0.1) is 42.4 Å². The van der Waals surface area contributed by atoms with E-state index in [4.69, 9.17) is 18.9 Å². The fourth-order valence-corrected chi connectivity index (χ4v) is 4.71. The molecule has 3 rings (SSSR count). The van der Waals surface area contributed by atoms with Gasteiger partial charge in [0.1, 0.15) is 6.61 Å². The highest BCUT2D eigenvalue weighted by atomic mass is 32.2. The Morgan fingerprint density at radius 3 is 2.64 bits per heavy atom. The second-order valence-electron chi connectivity index (χ2n) is 7.73. The Morgan fingerprint density at radius 1 is 1.15 bits per heavy atom. The first-order valence-electron chi connectivity index (χ1n) is 11.3. The van der Waals surface area contributed by atoms with Gasteiger partial charge in [-0.25, -0.2) is 9.79 Å². The Morgan fingerprint density at radius 2 is 1.94 bits per heavy atom. The van der Waals surface area contributed by atoms with Gasteiger partial charge in [-0.15, -0.1) is 0 Å². The van der Waals surface area contributed by atoms with Crippen LogP contribution in [0.25, 0.3) is 0 Å². The molecular weight excluding hydrogens is 444 g/mol. The second-order valence-corrected chi connectivity index (χ2v) is 9.04. The number of amidine groups is 1. The summed E-state index contributed by atoms with van der Waals surface area (Å²) in [6, 6.07) is 4.88. The van der Waals surface area contributed by atoms with Gasteiger partial charge in [-0.3, -0.25) is 9.69 Å². The number of fused-ring (bicyclic) bond motifs is 1. The average molecular weight is 477 g/mol. The average Bonchev–Trinajstić information content (AvgIpc) is 3.07. The predicted molar refractivity (Wildman–Crippen MR) is 128 cm³/mol. The van der Waals surface area contributed by atoms with Crippen molar-refractivity contribution in [1.82, 2.24) is 4.90 Å². The monoisotopic (exact) mass is 476 g/mol. The van der Waals surface area contributed by atoms with E-state index in [9.17, 15) is 9.59 Å². The molecule has 180 valence electrons.